The minimum atomic E-state index is 0.524. The maximum absolute atomic E-state index is 5.78. The first-order chi connectivity index (χ1) is 5.74. The molecular formula is C9H21N3. The fourth-order valence-corrected chi connectivity index (χ4v) is 1.63. The Morgan fingerprint density at radius 1 is 1.42 bits per heavy atom. The van der Waals surface area contributed by atoms with E-state index in [-0.39, 0.29) is 0 Å². The van der Waals surface area contributed by atoms with E-state index in [1.54, 1.807) is 0 Å². The molecule has 1 fully saturated rings. The van der Waals surface area contributed by atoms with Gasteiger partial charge in [-0.15, -0.1) is 0 Å². The largest absolute Gasteiger partial charge is 0.300 e. The third kappa shape index (κ3) is 2.73. The van der Waals surface area contributed by atoms with Crippen LogP contribution in [-0.2, 0) is 0 Å². The number of nitrogens with two attached hydrogens (primary N) is 1. The van der Waals surface area contributed by atoms with Gasteiger partial charge in [-0.1, -0.05) is 13.3 Å². The molecule has 0 aromatic heterocycles. The molecule has 12 heavy (non-hydrogen) atoms. The Bertz CT molecular complexity index is 125. The molecule has 0 amide bonds. The van der Waals surface area contributed by atoms with Gasteiger partial charge in [-0.05, 0) is 19.9 Å². The molecule has 1 aliphatic rings. The molecule has 1 aliphatic heterocycles. The molecule has 1 unspecified atom stereocenters. The maximum Gasteiger partial charge on any atom is 0.0340 e. The van der Waals surface area contributed by atoms with Gasteiger partial charge in [0, 0.05) is 25.7 Å². The summed E-state index contributed by atoms with van der Waals surface area (Å²) in [6, 6.07) is 0.524. The van der Waals surface area contributed by atoms with E-state index in [2.05, 4.69) is 18.7 Å². The van der Waals surface area contributed by atoms with E-state index in [0.29, 0.717) is 6.04 Å². The highest BCUT2D eigenvalue weighted by molar-refractivity contribution is 4.75. The molecule has 0 aliphatic carbocycles. The van der Waals surface area contributed by atoms with Crippen molar-refractivity contribution in [2.24, 2.45) is 5.84 Å². The lowest BCUT2D eigenvalue weighted by Gasteiger charge is -2.37. The molecule has 1 heterocycles. The molecule has 1 rings (SSSR count). The summed E-state index contributed by atoms with van der Waals surface area (Å²) in [6.07, 6.45) is 2.61. The van der Waals surface area contributed by atoms with Gasteiger partial charge in [-0.2, -0.15) is 0 Å². The molecule has 0 bridgehead atoms. The van der Waals surface area contributed by atoms with Crippen LogP contribution >= 0.6 is 0 Å². The lowest BCUT2D eigenvalue weighted by Crippen LogP contribution is -2.54. The van der Waals surface area contributed by atoms with E-state index in [1.165, 1.54) is 19.4 Å². The molecule has 0 spiro atoms. The number of nitrogens with zero attached hydrogens (tertiary/aromatic N) is 2. The lowest BCUT2D eigenvalue weighted by atomic mass is 10.2. The van der Waals surface area contributed by atoms with E-state index in [1.807, 2.05) is 5.01 Å². The Hall–Kier alpha value is -0.120. The van der Waals surface area contributed by atoms with Crippen molar-refractivity contribution < 1.29 is 0 Å². The summed E-state index contributed by atoms with van der Waals surface area (Å²) in [6.45, 7) is 8.97. The fourth-order valence-electron chi connectivity index (χ4n) is 1.63. The van der Waals surface area contributed by atoms with Crippen molar-refractivity contribution in [1.29, 1.82) is 0 Å². The summed E-state index contributed by atoms with van der Waals surface area (Å²) in [5.41, 5.74) is 0. The van der Waals surface area contributed by atoms with Crippen molar-refractivity contribution in [3.63, 3.8) is 0 Å². The second-order valence-electron chi connectivity index (χ2n) is 3.74. The Morgan fingerprint density at radius 3 is 2.75 bits per heavy atom. The van der Waals surface area contributed by atoms with Crippen LogP contribution in [0.25, 0.3) is 0 Å². The van der Waals surface area contributed by atoms with Crippen LogP contribution < -0.4 is 5.84 Å². The Morgan fingerprint density at radius 2 is 2.17 bits per heavy atom. The fraction of sp³-hybridized carbons (Fsp3) is 1.00. The van der Waals surface area contributed by atoms with E-state index >= 15 is 0 Å². The Labute approximate surface area is 75.5 Å². The number of hydrogen-bond acceptors (Lipinski definition) is 3. The van der Waals surface area contributed by atoms with Gasteiger partial charge in [-0.25, -0.2) is 5.01 Å². The highest BCUT2D eigenvalue weighted by Gasteiger charge is 2.19. The van der Waals surface area contributed by atoms with Crippen LogP contribution in [0.5, 0.6) is 0 Å². The van der Waals surface area contributed by atoms with Crippen molar-refractivity contribution in [2.75, 3.05) is 26.2 Å². The van der Waals surface area contributed by atoms with Crippen LogP contribution in [0.2, 0.25) is 0 Å². The van der Waals surface area contributed by atoms with Crippen LogP contribution in [0.1, 0.15) is 26.7 Å². The first-order valence-electron chi connectivity index (χ1n) is 4.97. The van der Waals surface area contributed by atoms with Crippen molar-refractivity contribution in [1.82, 2.24) is 9.91 Å². The lowest BCUT2D eigenvalue weighted by molar-refractivity contribution is 0.0832. The molecule has 3 nitrogen and oxygen atoms in total. The van der Waals surface area contributed by atoms with Crippen LogP contribution in [0.3, 0.4) is 0 Å². The van der Waals surface area contributed by atoms with Crippen molar-refractivity contribution in [2.45, 2.75) is 32.7 Å². The summed E-state index contributed by atoms with van der Waals surface area (Å²) in [5.74, 6) is 5.78. The van der Waals surface area contributed by atoms with Gasteiger partial charge in [0.2, 0.25) is 0 Å². The Kier molecular flexibility index (Phi) is 3.98. The molecule has 1 atom stereocenters. The first-order valence-corrected chi connectivity index (χ1v) is 4.97. The quantitative estimate of drug-likeness (QED) is 0.633. The van der Waals surface area contributed by atoms with Gasteiger partial charge < -0.3 is 4.90 Å². The SMILES string of the molecule is CCCCN1CCN(N)C(C)C1. The third-order valence-corrected chi connectivity index (χ3v) is 2.59. The third-order valence-electron chi connectivity index (χ3n) is 2.59. The topological polar surface area (TPSA) is 32.5 Å². The smallest absolute Gasteiger partial charge is 0.0340 e. The zero-order chi connectivity index (χ0) is 8.97. The van der Waals surface area contributed by atoms with Crippen LogP contribution in [0, 0.1) is 0 Å². The minimum Gasteiger partial charge on any atom is -0.300 e. The van der Waals surface area contributed by atoms with Gasteiger partial charge >= 0.3 is 0 Å². The summed E-state index contributed by atoms with van der Waals surface area (Å²) in [5, 5.41) is 1.95. The summed E-state index contributed by atoms with van der Waals surface area (Å²) in [4.78, 5) is 2.51. The summed E-state index contributed by atoms with van der Waals surface area (Å²) < 4.78 is 0. The van der Waals surface area contributed by atoms with Gasteiger partial charge in [0.15, 0.2) is 0 Å². The predicted molar refractivity (Wildman–Crippen MR) is 51.7 cm³/mol. The molecule has 0 radical (unpaired) electrons. The van der Waals surface area contributed by atoms with Crippen molar-refractivity contribution in [3.05, 3.63) is 0 Å². The molecule has 0 aromatic rings. The number of unbranched alkanes of at least 4 members (excludes halogenated alkanes) is 1. The minimum absolute atomic E-state index is 0.524. The maximum atomic E-state index is 5.78. The molecule has 0 saturated carbocycles. The number of hydrazine groups is 1. The molecule has 0 aromatic carbocycles. The van der Waals surface area contributed by atoms with Crippen LogP contribution in [0.15, 0.2) is 0 Å². The normalized spacial score (nSPS) is 27.8. The standard InChI is InChI=1S/C9H21N3/c1-3-4-5-11-6-7-12(10)9(2)8-11/h9H,3-8,10H2,1-2H3. The molecule has 1 saturated heterocycles. The average Bonchev–Trinajstić information content (AvgIpc) is 2.07. The van der Waals surface area contributed by atoms with E-state index in [4.69, 9.17) is 5.84 Å². The average molecular weight is 171 g/mol. The number of piperazine rings is 1. The zero-order valence-electron chi connectivity index (χ0n) is 8.29. The van der Waals surface area contributed by atoms with Gasteiger partial charge in [-0.3, -0.25) is 5.84 Å². The molecule has 72 valence electrons. The van der Waals surface area contributed by atoms with Gasteiger partial charge in [0.25, 0.3) is 0 Å². The van der Waals surface area contributed by atoms with E-state index < -0.39 is 0 Å². The van der Waals surface area contributed by atoms with Crippen LogP contribution in [0.4, 0.5) is 0 Å². The van der Waals surface area contributed by atoms with Crippen molar-refractivity contribution >= 4 is 0 Å². The van der Waals surface area contributed by atoms with Crippen molar-refractivity contribution in [3.8, 4) is 0 Å². The molecular weight excluding hydrogens is 150 g/mol. The summed E-state index contributed by atoms with van der Waals surface area (Å²) >= 11 is 0. The number of hydrogen-bond donors (Lipinski definition) is 1. The second-order valence-corrected chi connectivity index (χ2v) is 3.74. The van der Waals surface area contributed by atoms with E-state index in [9.17, 15) is 0 Å². The number of rotatable bonds is 3. The second kappa shape index (κ2) is 4.80. The summed E-state index contributed by atoms with van der Waals surface area (Å²) in [7, 11) is 0. The highest BCUT2D eigenvalue weighted by Crippen LogP contribution is 2.05. The first kappa shape index (κ1) is 9.96. The van der Waals surface area contributed by atoms with Crippen LogP contribution in [-0.4, -0.2) is 42.1 Å². The highest BCUT2D eigenvalue weighted by atomic mass is 15.5. The van der Waals surface area contributed by atoms with E-state index in [0.717, 1.165) is 19.6 Å². The monoisotopic (exact) mass is 171 g/mol. The van der Waals surface area contributed by atoms with Gasteiger partial charge in [0.05, 0.1) is 0 Å². The Balaban J connectivity index is 2.21. The van der Waals surface area contributed by atoms with Gasteiger partial charge in [0.1, 0.15) is 0 Å². The predicted octanol–water partition coefficient (Wildman–Crippen LogP) is 0.666. The molecule has 3 heteroatoms. The zero-order valence-corrected chi connectivity index (χ0v) is 8.29. The molecule has 2 N–H and O–H groups in total.